The lowest BCUT2D eigenvalue weighted by molar-refractivity contribution is -0.137. The number of nitrogens with zero attached hydrogens (tertiary/aromatic N) is 3. The Balaban J connectivity index is 2.08. The molecule has 7 heteroatoms. The molecule has 0 aliphatic heterocycles. The van der Waals surface area contributed by atoms with E-state index >= 15 is 0 Å². The molecule has 0 spiro atoms. The quantitative estimate of drug-likeness (QED) is 0.874. The van der Waals surface area contributed by atoms with Crippen molar-refractivity contribution in [3.63, 3.8) is 0 Å². The molecule has 114 valence electrons. The van der Waals surface area contributed by atoms with Crippen LogP contribution in [0.15, 0.2) is 27.3 Å². The zero-order valence-electron chi connectivity index (χ0n) is 12.4. The van der Waals surface area contributed by atoms with Gasteiger partial charge in [0.2, 0.25) is 11.7 Å². The second-order valence-electron chi connectivity index (χ2n) is 5.73. The van der Waals surface area contributed by atoms with Crippen LogP contribution in [0.3, 0.4) is 0 Å². The van der Waals surface area contributed by atoms with Crippen molar-refractivity contribution in [2.24, 2.45) is 0 Å². The molecule has 2 rings (SSSR count). The number of carboxylic acids is 1. The maximum Gasteiger partial charge on any atom is 0.304 e. The van der Waals surface area contributed by atoms with Crippen molar-refractivity contribution in [1.82, 2.24) is 15.0 Å². The molecule has 0 saturated carbocycles. The minimum absolute atomic E-state index is 0.0659. The Bertz CT molecular complexity index is 584. The summed E-state index contributed by atoms with van der Waals surface area (Å²) in [7, 11) is 0. The van der Waals surface area contributed by atoms with Gasteiger partial charge in [-0.3, -0.25) is 9.69 Å². The number of aromatic nitrogens is 2. The van der Waals surface area contributed by atoms with E-state index in [1.807, 2.05) is 25.7 Å². The first-order valence-corrected chi connectivity index (χ1v) is 6.69. The first-order valence-electron chi connectivity index (χ1n) is 6.69. The topological polar surface area (TPSA) is 92.6 Å². The van der Waals surface area contributed by atoms with E-state index in [1.54, 1.807) is 18.4 Å². The third-order valence-corrected chi connectivity index (χ3v) is 3.08. The van der Waals surface area contributed by atoms with Gasteiger partial charge in [0.05, 0.1) is 19.2 Å². The summed E-state index contributed by atoms with van der Waals surface area (Å²) in [5, 5.41) is 12.7. The summed E-state index contributed by atoms with van der Waals surface area (Å²) in [6.45, 7) is 6.85. The molecule has 0 bridgehead atoms. The monoisotopic (exact) mass is 293 g/mol. The van der Waals surface area contributed by atoms with Crippen LogP contribution < -0.4 is 0 Å². The van der Waals surface area contributed by atoms with Crippen molar-refractivity contribution in [3.8, 4) is 11.6 Å². The molecule has 21 heavy (non-hydrogen) atoms. The van der Waals surface area contributed by atoms with E-state index in [4.69, 9.17) is 14.0 Å². The predicted octanol–water partition coefficient (Wildman–Crippen LogP) is 2.40. The van der Waals surface area contributed by atoms with Crippen molar-refractivity contribution in [1.29, 1.82) is 0 Å². The normalized spacial score (nSPS) is 12.0. The first-order chi connectivity index (χ1) is 9.86. The van der Waals surface area contributed by atoms with E-state index in [0.29, 0.717) is 30.6 Å². The van der Waals surface area contributed by atoms with Crippen LogP contribution in [0.1, 0.15) is 33.1 Å². The van der Waals surface area contributed by atoms with Crippen molar-refractivity contribution in [3.05, 3.63) is 24.3 Å². The summed E-state index contributed by atoms with van der Waals surface area (Å²) in [5.74, 6) is 0.535. The van der Waals surface area contributed by atoms with Crippen LogP contribution in [-0.4, -0.2) is 38.2 Å². The van der Waals surface area contributed by atoms with E-state index < -0.39 is 5.97 Å². The van der Waals surface area contributed by atoms with Crippen LogP contribution in [-0.2, 0) is 11.3 Å². The van der Waals surface area contributed by atoms with Crippen LogP contribution in [0.4, 0.5) is 0 Å². The summed E-state index contributed by atoms with van der Waals surface area (Å²) in [6, 6.07) is 3.50. The highest BCUT2D eigenvalue weighted by molar-refractivity contribution is 5.66. The Morgan fingerprint density at radius 2 is 2.19 bits per heavy atom. The molecule has 0 saturated heterocycles. The molecule has 0 aliphatic carbocycles. The molecule has 7 nitrogen and oxygen atoms in total. The van der Waals surface area contributed by atoms with Gasteiger partial charge in [-0.1, -0.05) is 5.16 Å². The molecule has 0 fully saturated rings. The summed E-state index contributed by atoms with van der Waals surface area (Å²) in [6.07, 6.45) is 1.61. The fraction of sp³-hybridized carbons (Fsp3) is 0.500. The van der Waals surface area contributed by atoms with Gasteiger partial charge in [0.25, 0.3) is 0 Å². The van der Waals surface area contributed by atoms with Crippen molar-refractivity contribution in [2.45, 2.75) is 39.3 Å². The zero-order chi connectivity index (χ0) is 15.5. The summed E-state index contributed by atoms with van der Waals surface area (Å²) in [4.78, 5) is 17.0. The Hall–Kier alpha value is -2.15. The average Bonchev–Trinajstić information content (AvgIpc) is 3.03. The molecule has 2 aromatic rings. The van der Waals surface area contributed by atoms with E-state index in [1.165, 1.54) is 0 Å². The number of rotatable bonds is 6. The molecule has 0 radical (unpaired) electrons. The van der Waals surface area contributed by atoms with Gasteiger partial charge in [0, 0.05) is 12.1 Å². The van der Waals surface area contributed by atoms with Crippen LogP contribution in [0.25, 0.3) is 11.6 Å². The smallest absolute Gasteiger partial charge is 0.304 e. The SMILES string of the molecule is CC(C)(C)N(CCC(=O)O)Cc1nc(-c2ccco2)no1. The van der Waals surface area contributed by atoms with Gasteiger partial charge >= 0.3 is 5.97 Å². The minimum atomic E-state index is -0.828. The number of hydrogen-bond acceptors (Lipinski definition) is 6. The molecule has 1 N–H and O–H groups in total. The second-order valence-corrected chi connectivity index (χ2v) is 5.73. The van der Waals surface area contributed by atoms with Crippen molar-refractivity contribution in [2.75, 3.05) is 6.54 Å². The van der Waals surface area contributed by atoms with E-state index in [0.717, 1.165) is 0 Å². The molecule has 0 amide bonds. The molecular formula is C14H19N3O4. The molecule has 2 aromatic heterocycles. The number of furan rings is 1. The Morgan fingerprint density at radius 3 is 2.76 bits per heavy atom. The molecular weight excluding hydrogens is 274 g/mol. The molecule has 2 heterocycles. The van der Waals surface area contributed by atoms with Crippen molar-refractivity contribution >= 4 is 5.97 Å². The average molecular weight is 293 g/mol. The highest BCUT2D eigenvalue weighted by Gasteiger charge is 2.24. The van der Waals surface area contributed by atoms with Crippen LogP contribution >= 0.6 is 0 Å². The fourth-order valence-corrected chi connectivity index (χ4v) is 1.87. The molecule has 0 aromatic carbocycles. The van der Waals surface area contributed by atoms with Gasteiger partial charge < -0.3 is 14.0 Å². The summed E-state index contributed by atoms with van der Waals surface area (Å²) in [5.41, 5.74) is -0.200. The number of carbonyl (C=O) groups is 1. The lowest BCUT2D eigenvalue weighted by Crippen LogP contribution is -2.42. The van der Waals surface area contributed by atoms with Gasteiger partial charge in [-0.25, -0.2) is 0 Å². The number of carboxylic acid groups (broad SMARTS) is 1. The summed E-state index contributed by atoms with van der Waals surface area (Å²) >= 11 is 0. The molecule has 0 aliphatic rings. The maximum absolute atomic E-state index is 10.8. The molecule has 0 atom stereocenters. The van der Waals surface area contributed by atoms with E-state index in [9.17, 15) is 4.79 Å². The van der Waals surface area contributed by atoms with Gasteiger partial charge in [-0.15, -0.1) is 0 Å². The van der Waals surface area contributed by atoms with Gasteiger partial charge in [-0.2, -0.15) is 4.98 Å². The number of hydrogen-bond donors (Lipinski definition) is 1. The lowest BCUT2D eigenvalue weighted by Gasteiger charge is -2.34. The summed E-state index contributed by atoms with van der Waals surface area (Å²) < 4.78 is 10.4. The highest BCUT2D eigenvalue weighted by atomic mass is 16.5. The van der Waals surface area contributed by atoms with Crippen LogP contribution in [0.2, 0.25) is 0 Å². The van der Waals surface area contributed by atoms with Crippen molar-refractivity contribution < 1.29 is 18.8 Å². The third-order valence-electron chi connectivity index (χ3n) is 3.08. The van der Waals surface area contributed by atoms with E-state index in [-0.39, 0.29) is 12.0 Å². The minimum Gasteiger partial charge on any atom is -0.481 e. The standard InChI is InChI=1S/C14H19N3O4/c1-14(2,3)17(7-6-12(18)19)9-11-15-13(16-21-11)10-5-4-8-20-10/h4-5,8H,6-7,9H2,1-3H3,(H,18,19). The maximum atomic E-state index is 10.8. The Morgan fingerprint density at radius 1 is 1.43 bits per heavy atom. The second kappa shape index (κ2) is 6.09. The van der Waals surface area contributed by atoms with Gasteiger partial charge in [0.15, 0.2) is 5.76 Å². The Kier molecular flexibility index (Phi) is 4.42. The highest BCUT2D eigenvalue weighted by Crippen LogP contribution is 2.20. The van der Waals surface area contributed by atoms with Crippen LogP contribution in [0.5, 0.6) is 0 Å². The zero-order valence-corrected chi connectivity index (χ0v) is 12.4. The largest absolute Gasteiger partial charge is 0.481 e. The van der Waals surface area contributed by atoms with Gasteiger partial charge in [-0.05, 0) is 32.9 Å². The predicted molar refractivity (Wildman–Crippen MR) is 74.4 cm³/mol. The van der Waals surface area contributed by atoms with E-state index in [2.05, 4.69) is 10.1 Å². The third kappa shape index (κ3) is 4.16. The Labute approximate surface area is 122 Å². The van der Waals surface area contributed by atoms with Gasteiger partial charge in [0.1, 0.15) is 0 Å². The first kappa shape index (κ1) is 15.2. The number of aliphatic carboxylic acids is 1. The molecule has 0 unspecified atom stereocenters. The fourth-order valence-electron chi connectivity index (χ4n) is 1.87. The van der Waals surface area contributed by atoms with Crippen LogP contribution in [0, 0.1) is 0 Å². The lowest BCUT2D eigenvalue weighted by atomic mass is 10.1.